The lowest BCUT2D eigenvalue weighted by atomic mass is 10.1. The molecule has 8 heteroatoms. The van der Waals surface area contributed by atoms with Crippen molar-refractivity contribution in [2.75, 3.05) is 14.2 Å². The summed E-state index contributed by atoms with van der Waals surface area (Å²) in [7, 11) is 3.07. The van der Waals surface area contributed by atoms with E-state index in [4.69, 9.17) is 14.5 Å². The van der Waals surface area contributed by atoms with E-state index >= 15 is 0 Å². The second-order valence-electron chi connectivity index (χ2n) is 8.28. The molecule has 0 aliphatic carbocycles. The van der Waals surface area contributed by atoms with Crippen LogP contribution < -0.4 is 15.0 Å². The number of ether oxygens (including phenoxy) is 2. The van der Waals surface area contributed by atoms with Gasteiger partial charge in [0.05, 0.1) is 25.1 Å². The second-order valence-corrected chi connectivity index (χ2v) is 9.43. The Hall–Kier alpha value is -3.78. The minimum atomic E-state index is -0.696. The van der Waals surface area contributed by atoms with Gasteiger partial charge < -0.3 is 14.4 Å². The second kappa shape index (κ2) is 9.46. The number of rotatable bonds is 6. The molecule has 0 bridgehead atoms. The van der Waals surface area contributed by atoms with Crippen LogP contribution in [0.1, 0.15) is 29.7 Å². The number of aromatic nitrogens is 2. The van der Waals surface area contributed by atoms with Gasteiger partial charge in [0.25, 0.3) is 5.56 Å². The number of fused-ring (bicyclic) bond motifs is 2. The van der Waals surface area contributed by atoms with Crippen LogP contribution >= 0.6 is 11.8 Å². The fourth-order valence-corrected chi connectivity index (χ4v) is 5.53. The van der Waals surface area contributed by atoms with Crippen molar-refractivity contribution in [1.82, 2.24) is 14.5 Å². The Morgan fingerprint density at radius 1 is 0.914 bits per heavy atom. The lowest BCUT2D eigenvalue weighted by Crippen LogP contribution is -2.48. The Morgan fingerprint density at radius 3 is 2.20 bits per heavy atom. The predicted octanol–water partition coefficient (Wildman–Crippen LogP) is 4.81. The third-order valence-corrected chi connectivity index (χ3v) is 7.38. The van der Waals surface area contributed by atoms with Gasteiger partial charge in [0.1, 0.15) is 17.2 Å². The predicted molar refractivity (Wildman–Crippen MR) is 136 cm³/mol. The molecule has 35 heavy (non-hydrogen) atoms. The number of thioether (sulfide) groups is 1. The van der Waals surface area contributed by atoms with Crippen LogP contribution in [0.3, 0.4) is 0 Å². The molecular weight excluding hydrogens is 462 g/mol. The van der Waals surface area contributed by atoms with Gasteiger partial charge in [-0.15, -0.1) is 0 Å². The first-order valence-corrected chi connectivity index (χ1v) is 12.1. The molecule has 0 saturated carbocycles. The fraction of sp³-hybridized carbons (Fsp3) is 0.222. The zero-order valence-electron chi connectivity index (χ0n) is 19.7. The van der Waals surface area contributed by atoms with E-state index in [2.05, 4.69) is 0 Å². The monoisotopic (exact) mass is 487 g/mol. The average molecular weight is 488 g/mol. The van der Waals surface area contributed by atoms with E-state index in [-0.39, 0.29) is 11.5 Å². The normalized spacial score (nSPS) is 17.3. The summed E-state index contributed by atoms with van der Waals surface area (Å²) in [6.07, 6.45) is 0. The lowest BCUT2D eigenvalue weighted by molar-refractivity contribution is -0.138. The van der Waals surface area contributed by atoms with E-state index in [9.17, 15) is 9.59 Å². The SMILES string of the molecule is COc1cc2nc3n(c(=O)c2cc1OC)[C@@H](C)C(=O)N(Cc1ccccc1)[C@@H]3Sc1ccccc1. The smallest absolute Gasteiger partial charge is 0.262 e. The Bertz CT molecular complexity index is 1440. The molecule has 0 unspecified atom stereocenters. The van der Waals surface area contributed by atoms with Crippen molar-refractivity contribution in [2.24, 2.45) is 0 Å². The van der Waals surface area contributed by atoms with Gasteiger partial charge in [-0.25, -0.2) is 4.98 Å². The number of amides is 1. The van der Waals surface area contributed by atoms with Crippen molar-refractivity contribution in [1.29, 1.82) is 0 Å². The van der Waals surface area contributed by atoms with Crippen molar-refractivity contribution in [3.63, 3.8) is 0 Å². The van der Waals surface area contributed by atoms with Gasteiger partial charge in [-0.2, -0.15) is 0 Å². The standard InChI is InChI=1S/C27H25N3O4S/c1-17-25(31)29(16-18-10-6-4-7-11-18)27(35-19-12-8-5-9-13-19)24-28-21-15-23(34-3)22(33-2)14-20(21)26(32)30(17)24/h4-15,17,27H,16H2,1-3H3/t17-,27+/m0/s1. The van der Waals surface area contributed by atoms with Crippen LogP contribution in [0.15, 0.2) is 82.5 Å². The van der Waals surface area contributed by atoms with Gasteiger partial charge in [0, 0.05) is 17.5 Å². The zero-order chi connectivity index (χ0) is 24.5. The first kappa shape index (κ1) is 23.0. The minimum absolute atomic E-state index is 0.126. The summed E-state index contributed by atoms with van der Waals surface area (Å²) in [5.41, 5.74) is 1.23. The quantitative estimate of drug-likeness (QED) is 0.389. The third-order valence-electron chi connectivity index (χ3n) is 6.15. The Morgan fingerprint density at radius 2 is 1.54 bits per heavy atom. The number of hydrogen-bond donors (Lipinski definition) is 0. The molecule has 1 aromatic heterocycles. The molecule has 7 nitrogen and oxygen atoms in total. The summed E-state index contributed by atoms with van der Waals surface area (Å²) in [6, 6.07) is 22.3. The van der Waals surface area contributed by atoms with Gasteiger partial charge in [0.15, 0.2) is 11.5 Å². The Labute approximate surface area is 207 Å². The summed E-state index contributed by atoms with van der Waals surface area (Å²) < 4.78 is 12.4. The number of hydrogen-bond acceptors (Lipinski definition) is 6. The minimum Gasteiger partial charge on any atom is -0.493 e. The maximum absolute atomic E-state index is 13.7. The van der Waals surface area contributed by atoms with E-state index < -0.39 is 11.4 Å². The van der Waals surface area contributed by atoms with Crippen molar-refractivity contribution in [3.05, 3.63) is 94.5 Å². The topological polar surface area (TPSA) is 73.7 Å². The first-order chi connectivity index (χ1) is 17.0. The summed E-state index contributed by atoms with van der Waals surface area (Å²) in [5.74, 6) is 1.34. The third kappa shape index (κ3) is 4.14. The van der Waals surface area contributed by atoms with Gasteiger partial charge >= 0.3 is 0 Å². The van der Waals surface area contributed by atoms with Gasteiger partial charge in [-0.1, -0.05) is 60.3 Å². The number of nitrogens with zero attached hydrogens (tertiary/aromatic N) is 3. The van der Waals surface area contributed by atoms with Gasteiger partial charge in [0.2, 0.25) is 5.91 Å². The van der Waals surface area contributed by atoms with E-state index in [0.29, 0.717) is 34.8 Å². The van der Waals surface area contributed by atoms with E-state index in [1.54, 1.807) is 26.2 Å². The van der Waals surface area contributed by atoms with E-state index in [1.807, 2.05) is 65.6 Å². The molecule has 178 valence electrons. The lowest BCUT2D eigenvalue weighted by Gasteiger charge is -2.39. The average Bonchev–Trinajstić information content (AvgIpc) is 2.89. The highest BCUT2D eigenvalue weighted by Crippen LogP contribution is 2.43. The van der Waals surface area contributed by atoms with Crippen molar-refractivity contribution >= 4 is 28.6 Å². The number of methoxy groups -OCH3 is 2. The van der Waals surface area contributed by atoms with Crippen LogP contribution in [0.2, 0.25) is 0 Å². The summed E-state index contributed by atoms with van der Waals surface area (Å²) >= 11 is 1.50. The highest BCUT2D eigenvalue weighted by Gasteiger charge is 2.40. The number of benzene rings is 3. The maximum atomic E-state index is 13.7. The number of carbonyl (C=O) groups excluding carboxylic acids is 1. The molecule has 1 aliphatic heterocycles. The molecule has 3 aromatic carbocycles. The van der Waals surface area contributed by atoms with Crippen LogP contribution in [0, 0.1) is 0 Å². The summed E-state index contributed by atoms with van der Waals surface area (Å²) in [5, 5.41) is -0.113. The molecule has 1 amide bonds. The molecule has 2 heterocycles. The molecule has 0 radical (unpaired) electrons. The van der Waals surface area contributed by atoms with Crippen LogP contribution in [0.4, 0.5) is 0 Å². The molecule has 0 spiro atoms. The van der Waals surface area contributed by atoms with Crippen LogP contribution in [0.25, 0.3) is 10.9 Å². The van der Waals surface area contributed by atoms with Gasteiger partial charge in [-0.3, -0.25) is 14.2 Å². The molecule has 0 fully saturated rings. The van der Waals surface area contributed by atoms with Crippen molar-refractivity contribution in [3.8, 4) is 11.5 Å². The summed E-state index contributed by atoms with van der Waals surface area (Å²) in [4.78, 5) is 35.1. The van der Waals surface area contributed by atoms with E-state index in [1.165, 1.54) is 23.4 Å². The van der Waals surface area contributed by atoms with Crippen LogP contribution in [-0.2, 0) is 11.3 Å². The fourth-order valence-electron chi connectivity index (χ4n) is 4.38. The van der Waals surface area contributed by atoms with Crippen molar-refractivity contribution < 1.29 is 14.3 Å². The largest absolute Gasteiger partial charge is 0.493 e. The van der Waals surface area contributed by atoms with Crippen LogP contribution in [-0.4, -0.2) is 34.6 Å². The summed E-state index contributed by atoms with van der Waals surface area (Å²) in [6.45, 7) is 2.16. The van der Waals surface area contributed by atoms with Crippen LogP contribution in [0.5, 0.6) is 11.5 Å². The Balaban J connectivity index is 1.72. The first-order valence-electron chi connectivity index (χ1n) is 11.3. The highest BCUT2D eigenvalue weighted by molar-refractivity contribution is 7.99. The van der Waals surface area contributed by atoms with E-state index in [0.717, 1.165) is 10.5 Å². The molecule has 1 aliphatic rings. The number of carbonyl (C=O) groups is 1. The van der Waals surface area contributed by atoms with Crippen molar-refractivity contribution in [2.45, 2.75) is 29.8 Å². The Kier molecular flexibility index (Phi) is 6.21. The molecule has 4 aromatic rings. The van der Waals surface area contributed by atoms with Gasteiger partial charge in [-0.05, 0) is 30.7 Å². The maximum Gasteiger partial charge on any atom is 0.262 e. The molecular formula is C27H25N3O4S. The molecule has 2 atom stereocenters. The molecule has 0 saturated heterocycles. The molecule has 5 rings (SSSR count). The highest BCUT2D eigenvalue weighted by atomic mass is 32.2. The molecule has 0 N–H and O–H groups in total. The zero-order valence-corrected chi connectivity index (χ0v) is 20.5.